The van der Waals surface area contributed by atoms with Gasteiger partial charge in [0.1, 0.15) is 6.61 Å². The zero-order valence-electron chi connectivity index (χ0n) is 17.0. The summed E-state index contributed by atoms with van der Waals surface area (Å²) in [5, 5.41) is 9.61. The molecule has 0 spiro atoms. The number of carboxylic acid groups (broad SMARTS) is 1. The number of benzene rings is 3. The van der Waals surface area contributed by atoms with E-state index in [9.17, 15) is 9.59 Å². The number of aliphatic carboxylic acids is 1. The van der Waals surface area contributed by atoms with E-state index in [2.05, 4.69) is 24.3 Å². The summed E-state index contributed by atoms with van der Waals surface area (Å²) in [6.07, 6.45) is -0.793. The maximum atomic E-state index is 13.0. The molecule has 1 aliphatic carbocycles. The minimum Gasteiger partial charge on any atom is -0.481 e. The summed E-state index contributed by atoms with van der Waals surface area (Å²) in [6.45, 7) is 2.02. The molecule has 0 saturated heterocycles. The Bertz CT molecular complexity index is 1100. The van der Waals surface area contributed by atoms with Crippen molar-refractivity contribution < 1.29 is 19.4 Å². The standard InChI is InChI=1S/C25H22ClNO4/c1-16-10-11-17(14-23(16)26)27(13-12-24(28)29)25(30)31-15-22-20-8-4-2-6-18(20)19-7-3-5-9-21(19)22/h2-11,14,22H,12-13,15H2,1H3,(H,28,29). The third kappa shape index (κ3) is 4.28. The van der Waals surface area contributed by atoms with Crippen molar-refractivity contribution in [3.8, 4) is 11.1 Å². The number of nitrogens with zero attached hydrogens (tertiary/aromatic N) is 1. The molecule has 1 N–H and O–H groups in total. The van der Waals surface area contributed by atoms with E-state index in [1.165, 1.54) is 4.90 Å². The number of ether oxygens (including phenoxy) is 1. The Hall–Kier alpha value is -3.31. The maximum Gasteiger partial charge on any atom is 0.414 e. The molecule has 5 nitrogen and oxygen atoms in total. The predicted octanol–water partition coefficient (Wildman–Crippen LogP) is 5.88. The molecule has 6 heteroatoms. The number of fused-ring (bicyclic) bond motifs is 3. The van der Waals surface area contributed by atoms with Gasteiger partial charge in [0.05, 0.1) is 6.42 Å². The average Bonchev–Trinajstić information content (AvgIpc) is 3.08. The lowest BCUT2D eigenvalue weighted by Crippen LogP contribution is -2.34. The third-order valence-corrected chi connectivity index (χ3v) is 5.98. The molecule has 0 aliphatic heterocycles. The number of hydrogen-bond acceptors (Lipinski definition) is 3. The SMILES string of the molecule is Cc1ccc(N(CCC(=O)O)C(=O)OCC2c3ccccc3-c3ccccc32)cc1Cl. The molecule has 31 heavy (non-hydrogen) atoms. The minimum absolute atomic E-state index is 0.00853. The van der Waals surface area contributed by atoms with Crippen LogP contribution < -0.4 is 4.90 Å². The molecule has 3 aromatic rings. The number of rotatable bonds is 6. The molecule has 0 aromatic heterocycles. The van der Waals surface area contributed by atoms with Gasteiger partial charge in [0.2, 0.25) is 0 Å². The number of aryl methyl sites for hydroxylation is 1. The summed E-state index contributed by atoms with van der Waals surface area (Å²) in [5.74, 6) is -1.06. The first-order chi connectivity index (χ1) is 15.0. The number of carbonyl (C=O) groups excluding carboxylic acids is 1. The molecule has 4 rings (SSSR count). The van der Waals surface area contributed by atoms with Gasteiger partial charge in [-0.3, -0.25) is 9.69 Å². The van der Waals surface area contributed by atoms with Crippen molar-refractivity contribution in [2.75, 3.05) is 18.1 Å². The largest absolute Gasteiger partial charge is 0.481 e. The summed E-state index contributed by atoms with van der Waals surface area (Å²) >= 11 is 6.22. The van der Waals surface area contributed by atoms with Crippen LogP contribution in [0.15, 0.2) is 66.7 Å². The average molecular weight is 436 g/mol. The zero-order chi connectivity index (χ0) is 22.0. The van der Waals surface area contributed by atoms with E-state index in [1.54, 1.807) is 18.2 Å². The van der Waals surface area contributed by atoms with Crippen molar-refractivity contribution in [2.45, 2.75) is 19.3 Å². The van der Waals surface area contributed by atoms with Gasteiger partial charge in [-0.2, -0.15) is 0 Å². The highest BCUT2D eigenvalue weighted by Gasteiger charge is 2.30. The smallest absolute Gasteiger partial charge is 0.414 e. The Balaban J connectivity index is 1.56. The second-order valence-corrected chi connectivity index (χ2v) is 7.94. The molecule has 0 atom stereocenters. The lowest BCUT2D eigenvalue weighted by atomic mass is 9.98. The number of anilines is 1. The Kier molecular flexibility index (Phi) is 5.96. The Morgan fingerprint density at radius 3 is 2.19 bits per heavy atom. The van der Waals surface area contributed by atoms with Gasteiger partial charge in [0, 0.05) is 23.2 Å². The first-order valence-corrected chi connectivity index (χ1v) is 10.4. The highest BCUT2D eigenvalue weighted by atomic mass is 35.5. The summed E-state index contributed by atoms with van der Waals surface area (Å²) in [5.41, 5.74) is 5.91. The molecule has 0 fully saturated rings. The van der Waals surface area contributed by atoms with Crippen molar-refractivity contribution in [3.63, 3.8) is 0 Å². The number of carbonyl (C=O) groups is 2. The zero-order valence-corrected chi connectivity index (χ0v) is 17.8. The molecular weight excluding hydrogens is 414 g/mol. The molecule has 1 aliphatic rings. The molecule has 3 aromatic carbocycles. The van der Waals surface area contributed by atoms with Gasteiger partial charge in [0.15, 0.2) is 0 Å². The topological polar surface area (TPSA) is 66.8 Å². The van der Waals surface area contributed by atoms with Crippen LogP contribution in [0.2, 0.25) is 5.02 Å². The van der Waals surface area contributed by atoms with Crippen molar-refractivity contribution in [1.29, 1.82) is 0 Å². The van der Waals surface area contributed by atoms with Gasteiger partial charge in [-0.05, 0) is 46.9 Å². The van der Waals surface area contributed by atoms with Crippen LogP contribution in [-0.4, -0.2) is 30.3 Å². The Labute approximate surface area is 185 Å². The highest BCUT2D eigenvalue weighted by Crippen LogP contribution is 2.44. The van der Waals surface area contributed by atoms with E-state index in [0.29, 0.717) is 10.7 Å². The van der Waals surface area contributed by atoms with E-state index >= 15 is 0 Å². The van der Waals surface area contributed by atoms with Crippen LogP contribution >= 0.6 is 11.6 Å². The predicted molar refractivity (Wildman–Crippen MR) is 121 cm³/mol. The lowest BCUT2D eigenvalue weighted by molar-refractivity contribution is -0.136. The van der Waals surface area contributed by atoms with Crippen LogP contribution in [0.3, 0.4) is 0 Å². The number of amides is 1. The molecule has 0 saturated carbocycles. The maximum absolute atomic E-state index is 13.0. The van der Waals surface area contributed by atoms with Gasteiger partial charge in [0.25, 0.3) is 0 Å². The van der Waals surface area contributed by atoms with Gasteiger partial charge in [-0.15, -0.1) is 0 Å². The molecule has 158 valence electrons. The van der Waals surface area contributed by atoms with Crippen LogP contribution in [0.4, 0.5) is 10.5 Å². The fourth-order valence-electron chi connectivity index (χ4n) is 3.95. The van der Waals surface area contributed by atoms with E-state index in [1.807, 2.05) is 31.2 Å². The second-order valence-electron chi connectivity index (χ2n) is 7.53. The fourth-order valence-corrected chi connectivity index (χ4v) is 4.13. The summed E-state index contributed by atoms with van der Waals surface area (Å²) in [4.78, 5) is 25.4. The summed E-state index contributed by atoms with van der Waals surface area (Å²) in [6, 6.07) is 21.4. The van der Waals surface area contributed by atoms with Crippen molar-refractivity contribution >= 4 is 29.4 Å². The summed E-state index contributed by atoms with van der Waals surface area (Å²) < 4.78 is 5.71. The first-order valence-electron chi connectivity index (χ1n) is 10.1. The fraction of sp³-hybridized carbons (Fsp3) is 0.200. The van der Waals surface area contributed by atoms with E-state index in [-0.39, 0.29) is 25.5 Å². The van der Waals surface area contributed by atoms with E-state index in [4.69, 9.17) is 21.4 Å². The van der Waals surface area contributed by atoms with Crippen LogP contribution in [-0.2, 0) is 9.53 Å². The van der Waals surface area contributed by atoms with Gasteiger partial charge >= 0.3 is 12.1 Å². The summed E-state index contributed by atoms with van der Waals surface area (Å²) in [7, 11) is 0. The molecule has 0 heterocycles. The number of hydrogen-bond donors (Lipinski definition) is 1. The number of halogens is 1. The molecule has 1 amide bonds. The van der Waals surface area contributed by atoms with Crippen LogP contribution in [0.1, 0.15) is 29.0 Å². The van der Waals surface area contributed by atoms with E-state index < -0.39 is 12.1 Å². The third-order valence-electron chi connectivity index (χ3n) is 5.57. The van der Waals surface area contributed by atoms with Gasteiger partial charge in [-0.1, -0.05) is 66.2 Å². The monoisotopic (exact) mass is 435 g/mol. The number of carboxylic acids is 1. The molecular formula is C25H22ClNO4. The second kappa shape index (κ2) is 8.82. The minimum atomic E-state index is -0.991. The van der Waals surface area contributed by atoms with Crippen molar-refractivity contribution in [2.24, 2.45) is 0 Å². The van der Waals surface area contributed by atoms with Crippen LogP contribution in [0.25, 0.3) is 11.1 Å². The normalized spacial score (nSPS) is 12.2. The highest BCUT2D eigenvalue weighted by molar-refractivity contribution is 6.31. The van der Waals surface area contributed by atoms with Gasteiger partial charge < -0.3 is 9.84 Å². The van der Waals surface area contributed by atoms with E-state index in [0.717, 1.165) is 27.8 Å². The quantitative estimate of drug-likeness (QED) is 0.525. The van der Waals surface area contributed by atoms with Crippen molar-refractivity contribution in [1.82, 2.24) is 0 Å². The van der Waals surface area contributed by atoms with Gasteiger partial charge in [-0.25, -0.2) is 4.79 Å². The lowest BCUT2D eigenvalue weighted by Gasteiger charge is -2.23. The molecule has 0 radical (unpaired) electrons. The van der Waals surface area contributed by atoms with Crippen LogP contribution in [0, 0.1) is 6.92 Å². The molecule has 0 unspecified atom stereocenters. The first kappa shape index (κ1) is 20.9. The Morgan fingerprint density at radius 2 is 1.61 bits per heavy atom. The van der Waals surface area contributed by atoms with Crippen molar-refractivity contribution in [3.05, 3.63) is 88.4 Å². The van der Waals surface area contributed by atoms with Crippen LogP contribution in [0.5, 0.6) is 0 Å². The Morgan fingerprint density at radius 1 is 1.00 bits per heavy atom. The molecule has 0 bridgehead atoms.